The van der Waals surface area contributed by atoms with Crippen LogP contribution in [0.3, 0.4) is 0 Å². The number of morpholine rings is 1. The average Bonchev–Trinajstić information content (AvgIpc) is 3.76. The summed E-state index contributed by atoms with van der Waals surface area (Å²) < 4.78 is 42.0. The Morgan fingerprint density at radius 3 is 2.56 bits per heavy atom. The summed E-state index contributed by atoms with van der Waals surface area (Å²) in [6.07, 6.45) is 14.3. The van der Waals surface area contributed by atoms with Gasteiger partial charge in [0.05, 0.1) is 35.9 Å². The fourth-order valence-corrected chi connectivity index (χ4v) is 11.7. The molecule has 2 aliphatic carbocycles. The van der Waals surface area contributed by atoms with Crippen LogP contribution in [0.25, 0.3) is 11.0 Å². The third-order valence-electron chi connectivity index (χ3n) is 14.5. The van der Waals surface area contributed by atoms with Crippen molar-refractivity contribution in [2.24, 2.45) is 17.3 Å². The largest absolute Gasteiger partial charge is 0.455 e. The van der Waals surface area contributed by atoms with Gasteiger partial charge in [0.25, 0.3) is 21.6 Å². The van der Waals surface area contributed by atoms with Crippen LogP contribution in [0.1, 0.15) is 118 Å². The number of piperidine rings is 1. The zero-order valence-corrected chi connectivity index (χ0v) is 37.8. The highest BCUT2D eigenvalue weighted by molar-refractivity contribution is 7.90. The van der Waals surface area contributed by atoms with Gasteiger partial charge in [0.15, 0.2) is 0 Å². The molecule has 2 saturated carbocycles. The number of hydrogen-bond acceptors (Lipinski definition) is 11. The number of benzene rings is 2. The predicted octanol–water partition coefficient (Wildman–Crippen LogP) is 9.48. The second-order valence-electron chi connectivity index (χ2n) is 19.0. The summed E-state index contributed by atoms with van der Waals surface area (Å²) in [5, 5.41) is 13.0. The number of H-pyrrole nitrogens is 1. The van der Waals surface area contributed by atoms with E-state index in [9.17, 15) is 23.3 Å². The maximum Gasteiger partial charge on any atom is 0.292 e. The van der Waals surface area contributed by atoms with E-state index < -0.39 is 25.7 Å². The van der Waals surface area contributed by atoms with Crippen molar-refractivity contribution in [1.82, 2.24) is 24.6 Å². The van der Waals surface area contributed by atoms with Crippen LogP contribution < -0.4 is 14.4 Å². The summed E-state index contributed by atoms with van der Waals surface area (Å²) in [6.45, 7) is 10.8. The third kappa shape index (κ3) is 9.25. The molecular formula is C49H59N7O7S. The molecule has 2 aliphatic heterocycles. The molecule has 1 atom stereocenters. The Morgan fingerprint density at radius 1 is 1.02 bits per heavy atom. The number of carbonyl (C=O) groups excluding carboxylic acids is 1. The minimum Gasteiger partial charge on any atom is -0.455 e. The maximum atomic E-state index is 14.0. The van der Waals surface area contributed by atoms with Crippen molar-refractivity contribution >= 4 is 38.3 Å². The SMILES string of the molecule is CC(C)c1ccccc1[C@@H]1COCCN1C1CC2(CCN(c3ccc(C(=O)NS(=O)(=O)c4cnc(CC[C@H]5CC[C@@H](C)CC5)c([N+](=O)[O-])c4)c(Oc4cnc5[nH]ccc5c4)c3)CC2)C1. The molecule has 5 aromatic rings. The van der Waals surface area contributed by atoms with E-state index in [2.05, 4.69) is 74.5 Å². The standard InChI is InChI=1S/C49H59N7O7S/c1-32(2)40-6-4-5-7-41(40)45-31-62-23-22-55(45)37-27-49(28-37)17-20-54(21-18-49)36-13-14-42(46(25-36)63-38-24-35-16-19-50-47(35)52-29-38)48(57)53-64(60,61)39-26-44(56(58)59)43(51-30-39)15-12-34-10-8-33(3)9-11-34/h4-7,13-14,16,19,24-26,29-30,32-34,37,45H,8-12,15,17-18,20-23,27-28,31H2,1-3H3,(H,50,52)(H,53,57)/t33-,34+,45-/m0/s1. The van der Waals surface area contributed by atoms with Crippen molar-refractivity contribution in [3.05, 3.63) is 112 Å². The van der Waals surface area contributed by atoms with Crippen LogP contribution in [-0.2, 0) is 21.2 Å². The number of rotatable bonds is 13. The Morgan fingerprint density at radius 2 is 1.80 bits per heavy atom. The van der Waals surface area contributed by atoms with E-state index in [4.69, 9.17) is 9.47 Å². The molecule has 1 spiro atoms. The fourth-order valence-electron chi connectivity index (χ4n) is 10.7. The van der Waals surface area contributed by atoms with Crippen molar-refractivity contribution in [2.45, 2.75) is 108 Å². The van der Waals surface area contributed by atoms with Crippen molar-refractivity contribution < 1.29 is 27.6 Å². The monoisotopic (exact) mass is 889 g/mol. The molecule has 4 aliphatic rings. The van der Waals surface area contributed by atoms with Crippen LogP contribution in [0.15, 0.2) is 84.1 Å². The Labute approximate surface area is 375 Å². The predicted molar refractivity (Wildman–Crippen MR) is 245 cm³/mol. The quantitative estimate of drug-likeness (QED) is 0.0852. The van der Waals surface area contributed by atoms with Crippen LogP contribution in [0.4, 0.5) is 11.4 Å². The topological polar surface area (TPSA) is 173 Å². The second kappa shape index (κ2) is 18.2. The number of amides is 1. The van der Waals surface area contributed by atoms with Gasteiger partial charge in [0.1, 0.15) is 27.7 Å². The lowest BCUT2D eigenvalue weighted by Crippen LogP contribution is -2.58. The number of hydrogen-bond donors (Lipinski definition) is 2. The third-order valence-corrected chi connectivity index (χ3v) is 15.8. The summed E-state index contributed by atoms with van der Waals surface area (Å²) in [6, 6.07) is 19.4. The number of ether oxygens (including phenoxy) is 2. The first kappa shape index (κ1) is 43.9. The maximum absolute atomic E-state index is 14.0. The van der Waals surface area contributed by atoms with Crippen LogP contribution in [-0.4, -0.2) is 78.0 Å². The molecule has 338 valence electrons. The second-order valence-corrected chi connectivity index (χ2v) is 20.7. The number of nitro groups is 1. The van der Waals surface area contributed by atoms with Crippen LogP contribution in [0, 0.1) is 27.4 Å². The number of aromatic nitrogens is 3. The zero-order chi connectivity index (χ0) is 44.6. The first-order valence-corrected chi connectivity index (χ1v) is 24.5. The zero-order valence-electron chi connectivity index (χ0n) is 37.0. The number of fused-ring (bicyclic) bond motifs is 1. The summed E-state index contributed by atoms with van der Waals surface area (Å²) in [5.41, 5.74) is 4.42. The van der Waals surface area contributed by atoms with Crippen LogP contribution in [0.2, 0.25) is 0 Å². The van der Waals surface area contributed by atoms with E-state index >= 15 is 0 Å². The molecule has 0 radical (unpaired) electrons. The normalized spacial score (nSPS) is 21.8. The Bertz CT molecular complexity index is 2610. The van der Waals surface area contributed by atoms with Crippen LogP contribution in [0.5, 0.6) is 11.5 Å². The number of sulfonamides is 1. The first-order valence-electron chi connectivity index (χ1n) is 23.0. The Balaban J connectivity index is 0.901. The lowest BCUT2D eigenvalue weighted by atomic mass is 9.59. The molecule has 0 unspecified atom stereocenters. The number of aromatic amines is 1. The lowest BCUT2D eigenvalue weighted by Gasteiger charge is -2.57. The highest BCUT2D eigenvalue weighted by Gasteiger charge is 2.49. The van der Waals surface area contributed by atoms with Gasteiger partial charge in [0.2, 0.25) is 0 Å². The van der Waals surface area contributed by atoms with Gasteiger partial charge in [-0.05, 0) is 97.1 Å². The minimum absolute atomic E-state index is 0.0169. The van der Waals surface area contributed by atoms with E-state index in [1.807, 2.05) is 12.1 Å². The summed E-state index contributed by atoms with van der Waals surface area (Å²) in [5.74, 6) is 1.17. The first-order chi connectivity index (χ1) is 30.8. The summed E-state index contributed by atoms with van der Waals surface area (Å²) in [7, 11) is -4.57. The van der Waals surface area contributed by atoms with E-state index in [0.29, 0.717) is 48.2 Å². The molecule has 9 rings (SSSR count). The minimum atomic E-state index is -4.57. The molecule has 2 N–H and O–H groups in total. The van der Waals surface area contributed by atoms with E-state index in [0.717, 1.165) is 107 Å². The van der Waals surface area contributed by atoms with Gasteiger partial charge >= 0.3 is 0 Å². The number of nitrogens with zero attached hydrogens (tertiary/aromatic N) is 5. The highest BCUT2D eigenvalue weighted by atomic mass is 32.2. The fraction of sp³-hybridized carbons (Fsp3) is 0.490. The van der Waals surface area contributed by atoms with Gasteiger partial charge in [-0.1, -0.05) is 70.7 Å². The van der Waals surface area contributed by atoms with Gasteiger partial charge in [-0.15, -0.1) is 0 Å². The van der Waals surface area contributed by atoms with Gasteiger partial charge < -0.3 is 19.4 Å². The highest BCUT2D eigenvalue weighted by Crippen LogP contribution is 2.53. The molecule has 14 nitrogen and oxygen atoms in total. The van der Waals surface area contributed by atoms with Crippen molar-refractivity contribution in [3.63, 3.8) is 0 Å². The number of pyridine rings is 2. The van der Waals surface area contributed by atoms with E-state index in [1.165, 1.54) is 11.1 Å². The van der Waals surface area contributed by atoms with Gasteiger partial charge in [0, 0.05) is 61.3 Å². The molecular weight excluding hydrogens is 831 g/mol. The number of aryl methyl sites for hydroxylation is 1. The van der Waals surface area contributed by atoms with E-state index in [-0.39, 0.29) is 34.2 Å². The molecule has 4 fully saturated rings. The molecule has 0 bridgehead atoms. The molecule has 3 aromatic heterocycles. The van der Waals surface area contributed by atoms with Gasteiger partial charge in [-0.25, -0.2) is 18.1 Å². The molecule has 5 heterocycles. The Kier molecular flexibility index (Phi) is 12.5. The molecule has 64 heavy (non-hydrogen) atoms. The van der Waals surface area contributed by atoms with Crippen molar-refractivity contribution in [3.8, 4) is 11.5 Å². The number of nitrogens with one attached hydrogen (secondary N) is 2. The molecule has 15 heteroatoms. The van der Waals surface area contributed by atoms with Gasteiger partial charge in [-0.2, -0.15) is 0 Å². The molecule has 2 aromatic carbocycles. The summed E-state index contributed by atoms with van der Waals surface area (Å²) >= 11 is 0. The summed E-state index contributed by atoms with van der Waals surface area (Å²) in [4.78, 5) is 41.8. The van der Waals surface area contributed by atoms with Crippen LogP contribution >= 0.6 is 0 Å². The number of anilines is 1. The number of carbonyl (C=O) groups is 1. The average molecular weight is 890 g/mol. The smallest absolute Gasteiger partial charge is 0.292 e. The van der Waals surface area contributed by atoms with Crippen molar-refractivity contribution in [1.29, 1.82) is 0 Å². The molecule has 1 amide bonds. The van der Waals surface area contributed by atoms with Gasteiger partial charge in [-0.3, -0.25) is 24.8 Å². The van der Waals surface area contributed by atoms with E-state index in [1.54, 1.807) is 30.6 Å². The molecule has 2 saturated heterocycles. The van der Waals surface area contributed by atoms with Crippen molar-refractivity contribution in [2.75, 3.05) is 37.7 Å². The lowest BCUT2D eigenvalue weighted by molar-refractivity contribution is -0.386. The Hall–Kier alpha value is -5.38.